The molecule has 0 aliphatic carbocycles. The molecule has 0 saturated carbocycles. The first-order valence-corrected chi connectivity index (χ1v) is 7.53. The van der Waals surface area contributed by atoms with Crippen molar-refractivity contribution in [2.75, 3.05) is 12.3 Å². The molecule has 0 saturated heterocycles. The fourth-order valence-corrected chi connectivity index (χ4v) is 2.88. The summed E-state index contributed by atoms with van der Waals surface area (Å²) in [4.78, 5) is 5.42. The van der Waals surface area contributed by atoms with Gasteiger partial charge in [0.05, 0.1) is 5.01 Å². The molecule has 0 aromatic carbocycles. The lowest BCUT2D eigenvalue weighted by atomic mass is 10.3. The molecule has 1 rings (SSSR count). The van der Waals surface area contributed by atoms with Crippen LogP contribution in [0.3, 0.4) is 0 Å². The predicted octanol–water partition coefficient (Wildman–Crippen LogP) is 2.09. The van der Waals surface area contributed by atoms with Crippen LogP contribution < -0.4 is 5.32 Å². The minimum absolute atomic E-state index is 0.108. The lowest BCUT2D eigenvalue weighted by Gasteiger charge is -2.17. The molecule has 1 aromatic heterocycles. The summed E-state index contributed by atoms with van der Waals surface area (Å²) in [5, 5.41) is 4.39. The molecule has 0 spiro atoms. The molecule has 92 valence electrons. The molecule has 0 fully saturated rings. The average molecular weight is 260 g/mol. The monoisotopic (exact) mass is 260 g/mol. The number of hydrogen-bond donors (Lipinski definition) is 1. The third-order valence-corrected chi connectivity index (χ3v) is 4.97. The molecule has 1 N–H and O–H groups in total. The van der Waals surface area contributed by atoms with Gasteiger partial charge in [0.25, 0.3) is 0 Å². The SMILES string of the molecule is Cc1ncc(CNCCS(=O)C(C)(C)C)s1. The molecule has 0 bridgehead atoms. The highest BCUT2D eigenvalue weighted by molar-refractivity contribution is 7.86. The molecule has 1 aromatic rings. The highest BCUT2D eigenvalue weighted by Gasteiger charge is 2.18. The summed E-state index contributed by atoms with van der Waals surface area (Å²) in [6.45, 7) is 9.65. The van der Waals surface area contributed by atoms with Crippen molar-refractivity contribution in [3.63, 3.8) is 0 Å². The van der Waals surface area contributed by atoms with Crippen LogP contribution in [0, 0.1) is 6.92 Å². The molecule has 0 radical (unpaired) electrons. The van der Waals surface area contributed by atoms with Gasteiger partial charge in [0, 0.05) is 45.5 Å². The van der Waals surface area contributed by atoms with Crippen molar-refractivity contribution in [3.8, 4) is 0 Å². The van der Waals surface area contributed by atoms with Crippen LogP contribution in [0.5, 0.6) is 0 Å². The molecule has 5 heteroatoms. The molecule has 1 atom stereocenters. The summed E-state index contributed by atoms with van der Waals surface area (Å²) in [6, 6.07) is 0. The van der Waals surface area contributed by atoms with Gasteiger partial charge in [-0.15, -0.1) is 11.3 Å². The van der Waals surface area contributed by atoms with E-state index in [1.54, 1.807) is 11.3 Å². The maximum Gasteiger partial charge on any atom is 0.0897 e. The highest BCUT2D eigenvalue weighted by Crippen LogP contribution is 2.12. The number of aromatic nitrogens is 1. The summed E-state index contributed by atoms with van der Waals surface area (Å²) in [5.74, 6) is 0.710. The second-order valence-corrected chi connectivity index (χ2v) is 8.33. The Morgan fingerprint density at radius 2 is 2.19 bits per heavy atom. The minimum atomic E-state index is -0.765. The molecule has 0 amide bonds. The Bertz CT molecular complexity index is 355. The predicted molar refractivity (Wildman–Crippen MR) is 71.3 cm³/mol. The van der Waals surface area contributed by atoms with Gasteiger partial charge in [-0.1, -0.05) is 0 Å². The smallest absolute Gasteiger partial charge is 0.0897 e. The van der Waals surface area contributed by atoms with E-state index in [4.69, 9.17) is 0 Å². The number of nitrogens with zero attached hydrogens (tertiary/aromatic N) is 1. The topological polar surface area (TPSA) is 42.0 Å². The van der Waals surface area contributed by atoms with Gasteiger partial charge >= 0.3 is 0 Å². The summed E-state index contributed by atoms with van der Waals surface area (Å²) >= 11 is 1.70. The summed E-state index contributed by atoms with van der Waals surface area (Å²) < 4.78 is 11.6. The van der Waals surface area contributed by atoms with E-state index in [0.29, 0.717) is 5.75 Å². The van der Waals surface area contributed by atoms with Crippen molar-refractivity contribution in [2.24, 2.45) is 0 Å². The van der Waals surface area contributed by atoms with E-state index in [1.165, 1.54) is 4.88 Å². The molecular weight excluding hydrogens is 240 g/mol. The van der Waals surface area contributed by atoms with E-state index in [-0.39, 0.29) is 4.75 Å². The van der Waals surface area contributed by atoms with Gasteiger partial charge in [0.2, 0.25) is 0 Å². The molecule has 0 aliphatic rings. The summed E-state index contributed by atoms with van der Waals surface area (Å²) in [5.41, 5.74) is 0. The van der Waals surface area contributed by atoms with Gasteiger partial charge in [-0.2, -0.15) is 0 Å². The molecule has 1 heterocycles. The van der Waals surface area contributed by atoms with E-state index < -0.39 is 10.8 Å². The molecule has 16 heavy (non-hydrogen) atoms. The van der Waals surface area contributed by atoms with Gasteiger partial charge in [0.15, 0.2) is 0 Å². The van der Waals surface area contributed by atoms with Crippen LogP contribution in [0.1, 0.15) is 30.7 Å². The fraction of sp³-hybridized carbons (Fsp3) is 0.727. The van der Waals surface area contributed by atoms with Gasteiger partial charge in [-0.25, -0.2) is 4.98 Å². The highest BCUT2D eigenvalue weighted by atomic mass is 32.2. The van der Waals surface area contributed by atoms with Gasteiger partial charge in [-0.05, 0) is 27.7 Å². The zero-order valence-electron chi connectivity index (χ0n) is 10.4. The van der Waals surface area contributed by atoms with E-state index in [9.17, 15) is 4.21 Å². The molecule has 1 unspecified atom stereocenters. The number of rotatable bonds is 5. The van der Waals surface area contributed by atoms with Crippen LogP contribution >= 0.6 is 11.3 Å². The molecule has 3 nitrogen and oxygen atoms in total. The second kappa shape index (κ2) is 5.89. The first-order chi connectivity index (χ1) is 7.39. The van der Waals surface area contributed by atoms with Crippen LogP contribution in [0.2, 0.25) is 0 Å². The standard InChI is InChI=1S/C11H20N2OS2/c1-9-13-8-10(15-9)7-12-5-6-16(14)11(2,3)4/h8,12H,5-7H2,1-4H3. The Hall–Kier alpha value is -0.260. The van der Waals surface area contributed by atoms with Gasteiger partial charge < -0.3 is 5.32 Å². The Morgan fingerprint density at radius 1 is 1.50 bits per heavy atom. The Morgan fingerprint density at radius 3 is 2.69 bits per heavy atom. The summed E-state index contributed by atoms with van der Waals surface area (Å²) in [6.07, 6.45) is 1.90. The van der Waals surface area contributed by atoms with Crippen LogP contribution in [0.4, 0.5) is 0 Å². The van der Waals surface area contributed by atoms with Crippen molar-refractivity contribution in [3.05, 3.63) is 16.1 Å². The maximum absolute atomic E-state index is 11.7. The van der Waals surface area contributed by atoms with Crippen LogP contribution in [-0.4, -0.2) is 26.2 Å². The largest absolute Gasteiger partial charge is 0.311 e. The summed E-state index contributed by atoms with van der Waals surface area (Å²) in [7, 11) is -0.765. The number of hydrogen-bond acceptors (Lipinski definition) is 4. The van der Waals surface area contributed by atoms with Crippen molar-refractivity contribution >= 4 is 22.1 Å². The third kappa shape index (κ3) is 4.72. The Balaban J connectivity index is 2.20. The number of thiazole rings is 1. The van der Waals surface area contributed by atoms with E-state index in [2.05, 4.69) is 10.3 Å². The number of nitrogens with one attached hydrogen (secondary N) is 1. The quantitative estimate of drug-likeness (QED) is 0.824. The Labute approximate surface area is 104 Å². The molecular formula is C11H20N2OS2. The first kappa shape index (κ1) is 13.8. The van der Waals surface area contributed by atoms with Crippen LogP contribution in [0.25, 0.3) is 0 Å². The van der Waals surface area contributed by atoms with E-state index in [1.807, 2.05) is 33.9 Å². The van der Waals surface area contributed by atoms with Gasteiger partial charge in [0.1, 0.15) is 0 Å². The lowest BCUT2D eigenvalue weighted by molar-refractivity contribution is 0.641. The zero-order chi connectivity index (χ0) is 12.2. The Kier molecular flexibility index (Phi) is 5.08. The second-order valence-electron chi connectivity index (χ2n) is 4.68. The van der Waals surface area contributed by atoms with E-state index >= 15 is 0 Å². The average Bonchev–Trinajstić information content (AvgIpc) is 2.57. The van der Waals surface area contributed by atoms with Crippen molar-refractivity contribution in [1.82, 2.24) is 10.3 Å². The normalized spacial score (nSPS) is 14.0. The van der Waals surface area contributed by atoms with Crippen molar-refractivity contribution in [1.29, 1.82) is 0 Å². The maximum atomic E-state index is 11.7. The minimum Gasteiger partial charge on any atom is -0.311 e. The first-order valence-electron chi connectivity index (χ1n) is 5.40. The van der Waals surface area contributed by atoms with Crippen LogP contribution in [-0.2, 0) is 17.3 Å². The van der Waals surface area contributed by atoms with Crippen LogP contribution in [0.15, 0.2) is 6.20 Å². The van der Waals surface area contributed by atoms with Crippen molar-refractivity contribution < 1.29 is 4.21 Å². The van der Waals surface area contributed by atoms with E-state index in [0.717, 1.165) is 18.1 Å². The zero-order valence-corrected chi connectivity index (χ0v) is 12.0. The lowest BCUT2D eigenvalue weighted by Crippen LogP contribution is -2.29. The van der Waals surface area contributed by atoms with Crippen molar-refractivity contribution in [2.45, 2.75) is 39.0 Å². The molecule has 0 aliphatic heterocycles. The van der Waals surface area contributed by atoms with Gasteiger partial charge in [-0.3, -0.25) is 4.21 Å². The number of aryl methyl sites for hydroxylation is 1. The fourth-order valence-electron chi connectivity index (χ4n) is 1.17. The third-order valence-electron chi connectivity index (χ3n) is 2.12.